The largest absolute Gasteiger partial charge is 0.180 e. The zero-order valence-corrected chi connectivity index (χ0v) is 8.01. The molecular formula is C7H13BrS. The maximum Gasteiger partial charge on any atom is 0.00415 e. The molecule has 0 aliphatic carbocycles. The molecule has 0 bridgehead atoms. The lowest BCUT2D eigenvalue weighted by Crippen LogP contribution is -1.95. The number of rotatable bonds is 2. The van der Waals surface area contributed by atoms with Crippen LogP contribution in [0.5, 0.6) is 0 Å². The van der Waals surface area contributed by atoms with E-state index in [9.17, 15) is 0 Å². The van der Waals surface area contributed by atoms with Gasteiger partial charge < -0.3 is 0 Å². The highest BCUT2D eigenvalue weighted by atomic mass is 79.9. The number of halogens is 1. The van der Waals surface area contributed by atoms with Gasteiger partial charge in [0.2, 0.25) is 0 Å². The van der Waals surface area contributed by atoms with E-state index >= 15 is 0 Å². The highest BCUT2D eigenvalue weighted by Crippen LogP contribution is 2.60. The van der Waals surface area contributed by atoms with Gasteiger partial charge >= 0.3 is 0 Å². The summed E-state index contributed by atoms with van der Waals surface area (Å²) in [5.74, 6) is 4.05. The van der Waals surface area contributed by atoms with Gasteiger partial charge in [-0.15, -0.1) is 6.58 Å². The van der Waals surface area contributed by atoms with Crippen LogP contribution in [-0.4, -0.2) is 17.3 Å². The van der Waals surface area contributed by atoms with E-state index in [1.54, 1.807) is 0 Å². The molecule has 0 aromatic rings. The predicted octanol–water partition coefficient (Wildman–Crippen LogP) is 3.08. The molecule has 2 heteroatoms. The fourth-order valence-electron chi connectivity index (χ4n) is 1.20. The summed E-state index contributed by atoms with van der Waals surface area (Å²) < 4.78 is 0. The van der Waals surface area contributed by atoms with Gasteiger partial charge in [0.25, 0.3) is 0 Å². The van der Waals surface area contributed by atoms with Crippen LogP contribution in [0.3, 0.4) is 0 Å². The van der Waals surface area contributed by atoms with Gasteiger partial charge in [-0.1, -0.05) is 6.08 Å². The van der Waals surface area contributed by atoms with Crippen molar-refractivity contribution in [3.8, 4) is 0 Å². The van der Waals surface area contributed by atoms with Gasteiger partial charge in [-0.2, -0.15) is 8.46 Å². The molecule has 0 nitrogen and oxygen atoms in total. The van der Waals surface area contributed by atoms with E-state index in [4.69, 9.17) is 0 Å². The lowest BCUT2D eigenvalue weighted by atomic mass is 10.4. The third kappa shape index (κ3) is 2.01. The molecule has 0 saturated carbocycles. The van der Waals surface area contributed by atoms with Crippen molar-refractivity contribution in [1.29, 1.82) is 0 Å². The van der Waals surface area contributed by atoms with Crippen LogP contribution in [-0.2, 0) is 0 Å². The van der Waals surface area contributed by atoms with Crippen LogP contribution in [0, 0.1) is 0 Å². The van der Waals surface area contributed by atoms with Crippen molar-refractivity contribution in [3.05, 3.63) is 12.7 Å². The molecule has 0 spiro atoms. The Morgan fingerprint density at radius 1 is 1.44 bits per heavy atom. The van der Waals surface area contributed by atoms with Crippen molar-refractivity contribution in [1.82, 2.24) is 0 Å². The second-order valence-electron chi connectivity index (χ2n) is 2.51. The van der Waals surface area contributed by atoms with Crippen LogP contribution >= 0.6 is 23.3 Å². The third-order valence-electron chi connectivity index (χ3n) is 1.69. The second kappa shape index (κ2) is 3.11. The van der Waals surface area contributed by atoms with Crippen LogP contribution < -0.4 is 0 Å². The maximum absolute atomic E-state index is 3.82. The van der Waals surface area contributed by atoms with E-state index in [0.717, 1.165) is 0 Å². The molecule has 9 heavy (non-hydrogen) atoms. The monoisotopic (exact) mass is 208 g/mol. The summed E-state index contributed by atoms with van der Waals surface area (Å²) in [5, 5.41) is 0. The lowest BCUT2D eigenvalue weighted by Gasteiger charge is -2.25. The Morgan fingerprint density at radius 2 is 2.00 bits per heavy atom. The zero-order valence-electron chi connectivity index (χ0n) is 5.61. The Kier molecular flexibility index (Phi) is 2.65. The standard InChI is InChI=1S/C7H13BrS/c1-2-5-9(8)6-3-4-7-9/h2H,1,3-7H2. The van der Waals surface area contributed by atoms with Gasteiger partial charge in [0.1, 0.15) is 0 Å². The van der Waals surface area contributed by atoms with E-state index in [1.165, 1.54) is 30.1 Å². The van der Waals surface area contributed by atoms with Gasteiger partial charge in [-0.25, -0.2) is 0 Å². The molecule has 1 fully saturated rings. The summed E-state index contributed by atoms with van der Waals surface area (Å²) in [4.78, 5) is 0. The molecule has 0 radical (unpaired) electrons. The van der Waals surface area contributed by atoms with E-state index in [-0.39, 0.29) is 8.46 Å². The Morgan fingerprint density at radius 3 is 2.44 bits per heavy atom. The second-order valence-corrected chi connectivity index (χ2v) is 9.66. The summed E-state index contributed by atoms with van der Waals surface area (Å²) in [5.41, 5.74) is 0. The Labute approximate surface area is 66.2 Å². The summed E-state index contributed by atoms with van der Waals surface area (Å²) in [6.07, 6.45) is 4.90. The van der Waals surface area contributed by atoms with Crippen molar-refractivity contribution in [2.24, 2.45) is 0 Å². The van der Waals surface area contributed by atoms with Crippen molar-refractivity contribution in [2.45, 2.75) is 12.8 Å². The van der Waals surface area contributed by atoms with Gasteiger partial charge in [-0.3, -0.25) is 0 Å². The van der Waals surface area contributed by atoms with Crippen LogP contribution in [0.4, 0.5) is 0 Å². The van der Waals surface area contributed by atoms with E-state index in [2.05, 4.69) is 27.5 Å². The smallest absolute Gasteiger partial charge is 0.00415 e. The van der Waals surface area contributed by atoms with Crippen LogP contribution in [0.1, 0.15) is 12.8 Å². The maximum atomic E-state index is 3.82. The zero-order chi connectivity index (χ0) is 6.74. The minimum absolute atomic E-state index is 0.359. The van der Waals surface area contributed by atoms with Crippen molar-refractivity contribution < 1.29 is 0 Å². The van der Waals surface area contributed by atoms with E-state index in [1.807, 2.05) is 0 Å². The Hall–Kier alpha value is 0.570. The number of hydrogen-bond donors (Lipinski definition) is 0. The molecule has 0 aromatic carbocycles. The van der Waals surface area contributed by atoms with Crippen LogP contribution in [0.2, 0.25) is 0 Å². The first-order chi connectivity index (χ1) is 4.27. The average molecular weight is 209 g/mol. The highest BCUT2D eigenvalue weighted by molar-refractivity contribution is 9.58. The number of hydrogen-bond acceptors (Lipinski definition) is 0. The first-order valence-corrected chi connectivity index (χ1v) is 7.32. The van der Waals surface area contributed by atoms with Gasteiger partial charge in [0.15, 0.2) is 0 Å². The van der Waals surface area contributed by atoms with Crippen molar-refractivity contribution >= 4 is 23.3 Å². The minimum Gasteiger partial charge on any atom is -0.180 e. The molecule has 0 atom stereocenters. The van der Waals surface area contributed by atoms with Crippen molar-refractivity contribution in [2.75, 3.05) is 17.3 Å². The van der Waals surface area contributed by atoms with E-state index in [0.29, 0.717) is 0 Å². The molecule has 1 rings (SSSR count). The molecule has 0 aromatic heterocycles. The average Bonchev–Trinajstić information content (AvgIpc) is 2.16. The van der Waals surface area contributed by atoms with Crippen molar-refractivity contribution in [3.63, 3.8) is 0 Å². The molecule has 1 heterocycles. The fraction of sp³-hybridized carbons (Fsp3) is 0.714. The molecular weight excluding hydrogens is 196 g/mol. The highest BCUT2D eigenvalue weighted by Gasteiger charge is 2.23. The van der Waals surface area contributed by atoms with E-state index < -0.39 is 0 Å². The Bertz CT molecular complexity index is 105. The first-order valence-electron chi connectivity index (χ1n) is 3.34. The summed E-state index contributed by atoms with van der Waals surface area (Å²) in [6.45, 7) is 3.76. The molecule has 0 amide bonds. The fourth-order valence-corrected chi connectivity index (χ4v) is 5.54. The minimum atomic E-state index is -0.359. The lowest BCUT2D eigenvalue weighted by molar-refractivity contribution is 0.949. The summed E-state index contributed by atoms with van der Waals surface area (Å²) in [7, 11) is -0.359. The summed E-state index contributed by atoms with van der Waals surface area (Å²) in [6, 6.07) is 0. The molecule has 0 unspecified atom stereocenters. The molecule has 54 valence electrons. The van der Waals surface area contributed by atoms with Crippen LogP contribution in [0.15, 0.2) is 12.7 Å². The summed E-state index contributed by atoms with van der Waals surface area (Å²) >= 11 is 3.82. The Balaban J connectivity index is 2.40. The molecule has 1 aliphatic heterocycles. The van der Waals surface area contributed by atoms with Gasteiger partial charge in [-0.05, 0) is 39.2 Å². The molecule has 1 saturated heterocycles. The normalized spacial score (nSPS) is 27.7. The van der Waals surface area contributed by atoms with Gasteiger partial charge in [0.05, 0.1) is 0 Å². The first kappa shape index (κ1) is 7.67. The molecule has 1 aliphatic rings. The predicted molar refractivity (Wildman–Crippen MR) is 50.6 cm³/mol. The van der Waals surface area contributed by atoms with Crippen LogP contribution in [0.25, 0.3) is 0 Å². The topological polar surface area (TPSA) is 0 Å². The third-order valence-corrected chi connectivity index (χ3v) is 7.30. The molecule has 0 N–H and O–H groups in total. The van der Waals surface area contributed by atoms with Gasteiger partial charge in [0, 0.05) is 5.75 Å². The SMILES string of the molecule is C=CCS1(Br)CCCC1. The quantitative estimate of drug-likeness (QED) is 0.613.